The van der Waals surface area contributed by atoms with E-state index in [2.05, 4.69) is 9.97 Å². The molecule has 0 saturated heterocycles. The van der Waals surface area contributed by atoms with Gasteiger partial charge in [-0.05, 0) is 24.3 Å². The van der Waals surface area contributed by atoms with Crippen LogP contribution >= 0.6 is 0 Å². The fourth-order valence-corrected chi connectivity index (χ4v) is 1.88. The van der Waals surface area contributed by atoms with Crippen molar-refractivity contribution in [3.05, 3.63) is 36.7 Å². The molecule has 6 nitrogen and oxygen atoms in total. The first kappa shape index (κ1) is 12.3. The van der Waals surface area contributed by atoms with E-state index in [1.54, 1.807) is 12.1 Å². The Labute approximate surface area is 104 Å². The molecular formula is C11H11N3O3S. The van der Waals surface area contributed by atoms with Gasteiger partial charge in [0.05, 0.1) is 17.3 Å². The first-order valence-electron chi connectivity index (χ1n) is 5.00. The first-order valence-corrected chi connectivity index (χ1v) is 6.90. The van der Waals surface area contributed by atoms with Crippen LogP contribution in [0.4, 0.5) is 5.82 Å². The molecule has 0 amide bonds. The summed E-state index contributed by atoms with van der Waals surface area (Å²) in [6, 6.07) is 6.04. The molecule has 0 saturated carbocycles. The van der Waals surface area contributed by atoms with Gasteiger partial charge in [0.2, 0.25) is 5.88 Å². The second-order valence-electron chi connectivity index (χ2n) is 3.63. The highest BCUT2D eigenvalue weighted by atomic mass is 32.2. The van der Waals surface area contributed by atoms with Gasteiger partial charge >= 0.3 is 0 Å². The van der Waals surface area contributed by atoms with Crippen LogP contribution in [0.5, 0.6) is 11.6 Å². The second-order valence-corrected chi connectivity index (χ2v) is 5.64. The quantitative estimate of drug-likeness (QED) is 0.897. The highest BCUT2D eigenvalue weighted by Gasteiger charge is 2.07. The monoisotopic (exact) mass is 265 g/mol. The van der Waals surface area contributed by atoms with Gasteiger partial charge in [-0.1, -0.05) is 0 Å². The molecule has 18 heavy (non-hydrogen) atoms. The topological polar surface area (TPSA) is 95.2 Å². The Bertz CT molecular complexity index is 636. The molecule has 1 heterocycles. The standard InChI is InChI=1S/C11H11N3O3S/c1-18(15,16)9-4-2-8(3-5-9)17-11-7-13-10(12)6-14-11/h2-7H,1H3,(H2,12,13). The van der Waals surface area contributed by atoms with Crippen LogP contribution in [0.3, 0.4) is 0 Å². The van der Waals surface area contributed by atoms with Crippen molar-refractivity contribution >= 4 is 15.7 Å². The first-order chi connectivity index (χ1) is 8.45. The van der Waals surface area contributed by atoms with Crippen molar-refractivity contribution in [3.63, 3.8) is 0 Å². The predicted octanol–water partition coefficient (Wildman–Crippen LogP) is 1.25. The SMILES string of the molecule is CS(=O)(=O)c1ccc(Oc2cnc(N)cn2)cc1. The molecule has 0 aliphatic carbocycles. The smallest absolute Gasteiger partial charge is 0.237 e. The Morgan fingerprint density at radius 3 is 2.28 bits per heavy atom. The number of nitrogens with two attached hydrogens (primary N) is 1. The Kier molecular flexibility index (Phi) is 3.15. The summed E-state index contributed by atoms with van der Waals surface area (Å²) < 4.78 is 27.9. The van der Waals surface area contributed by atoms with Crippen molar-refractivity contribution in [1.29, 1.82) is 0 Å². The van der Waals surface area contributed by atoms with Crippen molar-refractivity contribution in [2.45, 2.75) is 4.90 Å². The van der Waals surface area contributed by atoms with Crippen LogP contribution < -0.4 is 10.5 Å². The maximum Gasteiger partial charge on any atom is 0.237 e. The van der Waals surface area contributed by atoms with Crippen LogP contribution in [-0.2, 0) is 9.84 Å². The normalized spacial score (nSPS) is 11.2. The molecule has 7 heteroatoms. The van der Waals surface area contributed by atoms with E-state index in [-0.39, 0.29) is 10.8 Å². The van der Waals surface area contributed by atoms with Gasteiger partial charge in [-0.15, -0.1) is 0 Å². The average Bonchev–Trinajstić information content (AvgIpc) is 2.32. The molecule has 0 bridgehead atoms. The number of hydrogen-bond donors (Lipinski definition) is 1. The van der Waals surface area contributed by atoms with Crippen LogP contribution in [0.1, 0.15) is 0 Å². The highest BCUT2D eigenvalue weighted by Crippen LogP contribution is 2.20. The van der Waals surface area contributed by atoms with Gasteiger partial charge in [0.1, 0.15) is 11.6 Å². The molecule has 2 rings (SSSR count). The van der Waals surface area contributed by atoms with Crippen molar-refractivity contribution in [1.82, 2.24) is 9.97 Å². The molecule has 0 aliphatic rings. The lowest BCUT2D eigenvalue weighted by Crippen LogP contribution is -1.97. The van der Waals surface area contributed by atoms with Crippen molar-refractivity contribution < 1.29 is 13.2 Å². The van der Waals surface area contributed by atoms with Crippen LogP contribution in [0.25, 0.3) is 0 Å². The summed E-state index contributed by atoms with van der Waals surface area (Å²) in [4.78, 5) is 7.98. The number of nitrogens with zero attached hydrogens (tertiary/aromatic N) is 2. The number of anilines is 1. The van der Waals surface area contributed by atoms with Gasteiger partial charge in [0.15, 0.2) is 9.84 Å². The molecule has 0 radical (unpaired) electrons. The zero-order valence-corrected chi connectivity index (χ0v) is 10.4. The van der Waals surface area contributed by atoms with Gasteiger partial charge < -0.3 is 10.5 Å². The van der Waals surface area contributed by atoms with Crippen LogP contribution in [-0.4, -0.2) is 24.6 Å². The molecule has 0 unspecified atom stereocenters. The Balaban J connectivity index is 2.18. The summed E-state index contributed by atoms with van der Waals surface area (Å²) in [6.45, 7) is 0. The number of sulfone groups is 1. The minimum absolute atomic E-state index is 0.234. The summed E-state index contributed by atoms with van der Waals surface area (Å²) in [6.07, 6.45) is 3.91. The minimum Gasteiger partial charge on any atom is -0.438 e. The maximum absolute atomic E-state index is 11.3. The molecule has 1 aromatic carbocycles. The predicted molar refractivity (Wildman–Crippen MR) is 66.1 cm³/mol. The number of aromatic nitrogens is 2. The summed E-state index contributed by atoms with van der Waals surface area (Å²) in [5, 5.41) is 0. The Morgan fingerprint density at radius 1 is 1.11 bits per heavy atom. The van der Waals surface area contributed by atoms with E-state index < -0.39 is 9.84 Å². The van der Waals surface area contributed by atoms with E-state index in [1.165, 1.54) is 24.5 Å². The van der Waals surface area contributed by atoms with Gasteiger partial charge in [0.25, 0.3) is 0 Å². The third-order valence-electron chi connectivity index (χ3n) is 2.12. The van der Waals surface area contributed by atoms with Crippen LogP contribution in [0.15, 0.2) is 41.6 Å². The molecule has 0 fully saturated rings. The van der Waals surface area contributed by atoms with Crippen molar-refractivity contribution in [2.24, 2.45) is 0 Å². The van der Waals surface area contributed by atoms with Gasteiger partial charge in [0, 0.05) is 6.26 Å². The van der Waals surface area contributed by atoms with Crippen molar-refractivity contribution in [3.8, 4) is 11.6 Å². The lowest BCUT2D eigenvalue weighted by molar-refractivity contribution is 0.460. The Hall–Kier alpha value is -2.15. The molecular weight excluding hydrogens is 254 g/mol. The van der Waals surface area contributed by atoms with E-state index in [1.807, 2.05) is 0 Å². The maximum atomic E-state index is 11.3. The zero-order valence-electron chi connectivity index (χ0n) is 9.57. The minimum atomic E-state index is -3.20. The highest BCUT2D eigenvalue weighted by molar-refractivity contribution is 7.90. The molecule has 94 valence electrons. The van der Waals surface area contributed by atoms with Crippen LogP contribution in [0.2, 0.25) is 0 Å². The summed E-state index contributed by atoms with van der Waals surface area (Å²) >= 11 is 0. The zero-order chi connectivity index (χ0) is 13.2. The molecule has 2 aromatic rings. The van der Waals surface area contributed by atoms with Crippen molar-refractivity contribution in [2.75, 3.05) is 12.0 Å². The lowest BCUT2D eigenvalue weighted by Gasteiger charge is -2.05. The third kappa shape index (κ3) is 2.95. The third-order valence-corrected chi connectivity index (χ3v) is 3.25. The van der Waals surface area contributed by atoms with Gasteiger partial charge in [-0.2, -0.15) is 0 Å². The fraction of sp³-hybridized carbons (Fsp3) is 0.0909. The Morgan fingerprint density at radius 2 is 1.78 bits per heavy atom. The molecule has 0 atom stereocenters. The molecule has 2 N–H and O–H groups in total. The lowest BCUT2D eigenvalue weighted by atomic mass is 10.3. The largest absolute Gasteiger partial charge is 0.438 e. The number of ether oxygens (including phenoxy) is 1. The number of nitrogen functional groups attached to an aromatic ring is 1. The molecule has 0 aliphatic heterocycles. The summed E-state index contributed by atoms with van der Waals surface area (Å²) in [7, 11) is -3.20. The number of benzene rings is 1. The van der Waals surface area contributed by atoms with Crippen LogP contribution in [0, 0.1) is 0 Å². The molecule has 0 spiro atoms. The summed E-state index contributed by atoms with van der Waals surface area (Å²) in [5.74, 6) is 1.06. The fourth-order valence-electron chi connectivity index (χ4n) is 1.25. The van der Waals surface area contributed by atoms with Gasteiger partial charge in [-0.3, -0.25) is 0 Å². The van der Waals surface area contributed by atoms with E-state index in [9.17, 15) is 8.42 Å². The number of hydrogen-bond acceptors (Lipinski definition) is 6. The van der Waals surface area contributed by atoms with E-state index in [0.29, 0.717) is 11.6 Å². The van der Waals surface area contributed by atoms with E-state index in [4.69, 9.17) is 10.5 Å². The second kappa shape index (κ2) is 4.61. The van der Waals surface area contributed by atoms with E-state index >= 15 is 0 Å². The molecule has 1 aromatic heterocycles. The summed E-state index contributed by atoms with van der Waals surface area (Å²) in [5.41, 5.74) is 5.39. The van der Waals surface area contributed by atoms with E-state index in [0.717, 1.165) is 6.26 Å². The number of rotatable bonds is 3. The van der Waals surface area contributed by atoms with Gasteiger partial charge in [-0.25, -0.2) is 18.4 Å². The average molecular weight is 265 g/mol.